The molecule has 0 aliphatic carbocycles. The second kappa shape index (κ2) is 8.47. The monoisotopic (exact) mass is 372 g/mol. The van der Waals surface area contributed by atoms with Crippen LogP contribution in [0.3, 0.4) is 0 Å². The molecule has 0 atom stereocenters. The Morgan fingerprint density at radius 2 is 1.79 bits per heavy atom. The Balaban J connectivity index is 1.75. The number of anilines is 3. The van der Waals surface area contributed by atoms with Gasteiger partial charge in [0.2, 0.25) is 0 Å². The molecular weight excluding hydrogens is 356 g/mol. The molecule has 0 aliphatic rings. The van der Waals surface area contributed by atoms with Crippen molar-refractivity contribution >= 4 is 29.1 Å². The van der Waals surface area contributed by atoms with Gasteiger partial charge in [-0.25, -0.2) is 9.78 Å². The summed E-state index contributed by atoms with van der Waals surface area (Å²) in [6.07, 6.45) is 1.51. The Morgan fingerprint density at radius 3 is 2.57 bits per heavy atom. The molecule has 0 spiro atoms. The van der Waals surface area contributed by atoms with Crippen LogP contribution in [0.5, 0.6) is 0 Å². The zero-order valence-corrected chi connectivity index (χ0v) is 15.0. The van der Waals surface area contributed by atoms with E-state index in [-0.39, 0.29) is 5.91 Å². The number of rotatable bonds is 5. The molecule has 3 rings (SSSR count). The number of nitrogens with zero attached hydrogens (tertiary/aromatic N) is 2. The summed E-state index contributed by atoms with van der Waals surface area (Å²) in [4.78, 5) is 28.4. The number of nitrogens with one attached hydrogen (secondary N) is 2. The van der Waals surface area contributed by atoms with Crippen LogP contribution in [0.15, 0.2) is 66.9 Å². The highest BCUT2D eigenvalue weighted by atomic mass is 16.5. The Kier molecular flexibility index (Phi) is 5.63. The van der Waals surface area contributed by atoms with E-state index in [2.05, 4.69) is 26.4 Å². The minimum Gasteiger partial charge on any atom is -0.465 e. The van der Waals surface area contributed by atoms with Gasteiger partial charge < -0.3 is 15.4 Å². The number of hydrogen-bond donors (Lipinski definition) is 2. The van der Waals surface area contributed by atoms with Gasteiger partial charge in [0.15, 0.2) is 0 Å². The number of pyridine rings is 1. The summed E-state index contributed by atoms with van der Waals surface area (Å²) in [5.41, 5.74) is 2.41. The van der Waals surface area contributed by atoms with Crippen LogP contribution in [0.25, 0.3) is 0 Å². The highest BCUT2D eigenvalue weighted by Crippen LogP contribution is 2.18. The highest BCUT2D eigenvalue weighted by Gasteiger charge is 2.10. The molecule has 0 fully saturated rings. The molecule has 0 radical (unpaired) electrons. The Labute approximate surface area is 161 Å². The fourth-order valence-corrected chi connectivity index (χ4v) is 2.50. The van der Waals surface area contributed by atoms with Crippen molar-refractivity contribution in [1.29, 1.82) is 5.26 Å². The summed E-state index contributed by atoms with van der Waals surface area (Å²) in [5.74, 6) is -0.365. The quantitative estimate of drug-likeness (QED) is 0.661. The molecule has 0 bridgehead atoms. The molecule has 0 saturated carbocycles. The van der Waals surface area contributed by atoms with E-state index in [0.29, 0.717) is 33.9 Å². The van der Waals surface area contributed by atoms with Crippen LogP contribution >= 0.6 is 0 Å². The Bertz CT molecular complexity index is 1070. The van der Waals surface area contributed by atoms with E-state index in [0.717, 1.165) is 0 Å². The number of amides is 1. The van der Waals surface area contributed by atoms with Gasteiger partial charge in [-0.3, -0.25) is 4.79 Å². The van der Waals surface area contributed by atoms with Crippen LogP contribution in [0, 0.1) is 11.3 Å². The summed E-state index contributed by atoms with van der Waals surface area (Å²) >= 11 is 0. The SMILES string of the molecule is COC(=O)c1cccc(NC(=O)c2ccnc(Nc3cccc(C#N)c3)c2)c1. The first-order chi connectivity index (χ1) is 13.6. The third-order valence-electron chi connectivity index (χ3n) is 3.83. The average Bonchev–Trinajstić information content (AvgIpc) is 2.73. The number of hydrogen-bond acceptors (Lipinski definition) is 6. The van der Waals surface area contributed by atoms with Crippen LogP contribution in [-0.4, -0.2) is 24.0 Å². The van der Waals surface area contributed by atoms with Crippen molar-refractivity contribution in [2.24, 2.45) is 0 Å². The maximum Gasteiger partial charge on any atom is 0.337 e. The molecule has 0 aliphatic heterocycles. The number of benzene rings is 2. The molecule has 7 heteroatoms. The summed E-state index contributed by atoms with van der Waals surface area (Å²) in [7, 11) is 1.30. The van der Waals surface area contributed by atoms with Crippen LogP contribution < -0.4 is 10.6 Å². The number of carbonyl (C=O) groups is 2. The van der Waals surface area contributed by atoms with Gasteiger partial charge in [0.05, 0.1) is 24.3 Å². The first kappa shape index (κ1) is 18.6. The van der Waals surface area contributed by atoms with Crippen molar-refractivity contribution in [1.82, 2.24) is 4.98 Å². The highest BCUT2D eigenvalue weighted by molar-refractivity contribution is 6.05. The van der Waals surface area contributed by atoms with E-state index in [1.54, 1.807) is 54.6 Å². The number of esters is 1. The first-order valence-electron chi connectivity index (χ1n) is 8.32. The van der Waals surface area contributed by atoms with E-state index in [1.807, 2.05) is 0 Å². The number of nitriles is 1. The maximum absolute atomic E-state index is 12.5. The van der Waals surface area contributed by atoms with Crippen molar-refractivity contribution in [3.8, 4) is 6.07 Å². The first-order valence-corrected chi connectivity index (χ1v) is 8.32. The topological polar surface area (TPSA) is 104 Å². The Morgan fingerprint density at radius 1 is 1.00 bits per heavy atom. The second-order valence-electron chi connectivity index (χ2n) is 5.77. The smallest absolute Gasteiger partial charge is 0.337 e. The third kappa shape index (κ3) is 4.51. The maximum atomic E-state index is 12.5. The zero-order valence-electron chi connectivity index (χ0n) is 15.0. The zero-order chi connectivity index (χ0) is 19.9. The summed E-state index contributed by atoms with van der Waals surface area (Å²) in [6.45, 7) is 0. The number of aromatic nitrogens is 1. The van der Waals surface area contributed by atoms with Gasteiger partial charge in [-0.1, -0.05) is 12.1 Å². The molecule has 28 heavy (non-hydrogen) atoms. The van der Waals surface area contributed by atoms with Gasteiger partial charge in [0, 0.05) is 23.1 Å². The second-order valence-corrected chi connectivity index (χ2v) is 5.77. The van der Waals surface area contributed by atoms with Crippen LogP contribution in [0.4, 0.5) is 17.2 Å². The lowest BCUT2D eigenvalue weighted by atomic mass is 10.2. The van der Waals surface area contributed by atoms with Gasteiger partial charge in [0.25, 0.3) is 5.91 Å². The van der Waals surface area contributed by atoms with E-state index in [4.69, 9.17) is 5.26 Å². The van der Waals surface area contributed by atoms with Crippen molar-refractivity contribution in [2.45, 2.75) is 0 Å². The number of carbonyl (C=O) groups excluding carboxylic acids is 2. The molecule has 2 N–H and O–H groups in total. The summed E-state index contributed by atoms with van der Waals surface area (Å²) in [6, 6.07) is 18.7. The molecule has 1 heterocycles. The molecule has 1 aromatic heterocycles. The van der Waals surface area contributed by atoms with Crippen molar-refractivity contribution in [3.63, 3.8) is 0 Å². The minimum atomic E-state index is -0.480. The molecule has 138 valence electrons. The Hall–Kier alpha value is -4.18. The lowest BCUT2D eigenvalue weighted by Gasteiger charge is -2.09. The van der Waals surface area contributed by atoms with Crippen LogP contribution in [-0.2, 0) is 4.74 Å². The van der Waals surface area contributed by atoms with E-state index < -0.39 is 5.97 Å². The summed E-state index contributed by atoms with van der Waals surface area (Å²) in [5, 5.41) is 14.8. The third-order valence-corrected chi connectivity index (χ3v) is 3.83. The lowest BCUT2D eigenvalue weighted by molar-refractivity contribution is 0.0600. The molecule has 1 amide bonds. The molecule has 3 aromatic rings. The summed E-state index contributed by atoms with van der Waals surface area (Å²) < 4.78 is 4.68. The van der Waals surface area contributed by atoms with Crippen molar-refractivity contribution in [2.75, 3.05) is 17.7 Å². The predicted molar refractivity (Wildman–Crippen MR) is 104 cm³/mol. The van der Waals surface area contributed by atoms with E-state index >= 15 is 0 Å². The minimum absolute atomic E-state index is 0.342. The van der Waals surface area contributed by atoms with Gasteiger partial charge in [-0.15, -0.1) is 0 Å². The van der Waals surface area contributed by atoms with Crippen molar-refractivity contribution < 1.29 is 14.3 Å². The standard InChI is InChI=1S/C21H16N4O3/c1-28-21(27)16-5-3-7-18(11-16)25-20(26)15-8-9-23-19(12-15)24-17-6-2-4-14(10-17)13-22/h2-12H,1H3,(H,23,24)(H,25,26). The average molecular weight is 372 g/mol. The van der Waals surface area contributed by atoms with Gasteiger partial charge in [-0.2, -0.15) is 5.26 Å². The largest absolute Gasteiger partial charge is 0.465 e. The number of ether oxygens (including phenoxy) is 1. The fraction of sp³-hybridized carbons (Fsp3) is 0.0476. The molecule has 0 unspecified atom stereocenters. The van der Waals surface area contributed by atoms with Crippen LogP contribution in [0.2, 0.25) is 0 Å². The molecule has 2 aromatic carbocycles. The van der Waals surface area contributed by atoms with Gasteiger partial charge in [0.1, 0.15) is 5.82 Å². The van der Waals surface area contributed by atoms with E-state index in [9.17, 15) is 9.59 Å². The lowest BCUT2D eigenvalue weighted by Crippen LogP contribution is -2.13. The molecular formula is C21H16N4O3. The molecule has 7 nitrogen and oxygen atoms in total. The normalized spacial score (nSPS) is 9.86. The van der Waals surface area contributed by atoms with Gasteiger partial charge >= 0.3 is 5.97 Å². The number of methoxy groups -OCH3 is 1. The van der Waals surface area contributed by atoms with Crippen LogP contribution in [0.1, 0.15) is 26.3 Å². The van der Waals surface area contributed by atoms with E-state index in [1.165, 1.54) is 19.4 Å². The predicted octanol–water partition coefficient (Wildman–Crippen LogP) is 3.74. The van der Waals surface area contributed by atoms with Gasteiger partial charge in [-0.05, 0) is 48.5 Å². The molecule has 0 saturated heterocycles. The fourth-order valence-electron chi connectivity index (χ4n) is 2.50. The van der Waals surface area contributed by atoms with Crippen molar-refractivity contribution in [3.05, 3.63) is 83.6 Å².